The van der Waals surface area contributed by atoms with Gasteiger partial charge in [-0.25, -0.2) is 0 Å². The van der Waals surface area contributed by atoms with Gasteiger partial charge in [0.1, 0.15) is 5.75 Å². The molecule has 1 fully saturated rings. The average Bonchev–Trinajstić information content (AvgIpc) is 2.52. The number of ether oxygens (including phenoxy) is 1. The molecule has 2 nitrogen and oxygen atoms in total. The molecule has 1 heterocycles. The topological polar surface area (TPSA) is 12.5 Å². The van der Waals surface area contributed by atoms with E-state index in [2.05, 4.69) is 50.8 Å². The average molecular weight is 303 g/mol. The van der Waals surface area contributed by atoms with Crippen molar-refractivity contribution in [2.24, 2.45) is 0 Å². The van der Waals surface area contributed by atoms with Gasteiger partial charge in [-0.1, -0.05) is 40.2 Å². The third-order valence-electron chi connectivity index (χ3n) is 4.62. The Kier molecular flexibility index (Phi) is 6.75. The Morgan fingerprint density at radius 2 is 1.50 bits per heavy atom. The van der Waals surface area contributed by atoms with Gasteiger partial charge in [0.05, 0.1) is 6.61 Å². The number of piperidine rings is 1. The summed E-state index contributed by atoms with van der Waals surface area (Å²) < 4.78 is 6.05. The molecule has 0 aromatic heterocycles. The third-order valence-corrected chi connectivity index (χ3v) is 4.62. The summed E-state index contributed by atoms with van der Waals surface area (Å²) in [6, 6.07) is 6.77. The van der Waals surface area contributed by atoms with E-state index in [1.807, 2.05) is 0 Å². The standard InChI is InChI=1S/C20H33NO/c1-16(2)18-13-19(17(3)4)15-20(14-18)22-12-8-11-21-9-6-5-7-10-21/h13-17H,5-12H2,1-4H3. The van der Waals surface area contributed by atoms with E-state index in [0.717, 1.165) is 18.8 Å². The number of hydrogen-bond acceptors (Lipinski definition) is 2. The van der Waals surface area contributed by atoms with Crippen molar-refractivity contribution in [1.29, 1.82) is 0 Å². The molecule has 0 atom stereocenters. The van der Waals surface area contributed by atoms with Crippen LogP contribution in [0.2, 0.25) is 0 Å². The molecule has 2 rings (SSSR count). The lowest BCUT2D eigenvalue weighted by molar-refractivity contribution is 0.205. The molecular weight excluding hydrogens is 270 g/mol. The van der Waals surface area contributed by atoms with E-state index in [1.54, 1.807) is 0 Å². The van der Waals surface area contributed by atoms with Gasteiger partial charge in [-0.05, 0) is 67.4 Å². The minimum atomic E-state index is 0.550. The van der Waals surface area contributed by atoms with Crippen LogP contribution >= 0.6 is 0 Å². The maximum atomic E-state index is 6.05. The molecule has 0 aliphatic carbocycles. The Balaban J connectivity index is 1.85. The lowest BCUT2D eigenvalue weighted by atomic mass is 9.95. The molecule has 1 saturated heterocycles. The zero-order valence-corrected chi connectivity index (χ0v) is 14.9. The van der Waals surface area contributed by atoms with Gasteiger partial charge in [0.15, 0.2) is 0 Å². The predicted octanol–water partition coefficient (Wildman–Crippen LogP) is 5.19. The van der Waals surface area contributed by atoms with Crippen molar-refractivity contribution < 1.29 is 4.74 Å². The molecular formula is C20H33NO. The molecule has 1 aromatic rings. The number of hydrogen-bond donors (Lipinski definition) is 0. The van der Waals surface area contributed by atoms with Crippen molar-refractivity contribution in [3.05, 3.63) is 29.3 Å². The summed E-state index contributed by atoms with van der Waals surface area (Å²) >= 11 is 0. The fourth-order valence-corrected chi connectivity index (χ4v) is 3.06. The van der Waals surface area contributed by atoms with Crippen LogP contribution in [-0.2, 0) is 0 Å². The first-order valence-corrected chi connectivity index (χ1v) is 9.06. The van der Waals surface area contributed by atoms with Gasteiger partial charge in [-0.15, -0.1) is 0 Å². The maximum Gasteiger partial charge on any atom is 0.119 e. The lowest BCUT2D eigenvalue weighted by Gasteiger charge is -2.26. The van der Waals surface area contributed by atoms with Crippen LogP contribution in [0.3, 0.4) is 0 Å². The molecule has 2 heteroatoms. The molecule has 0 bridgehead atoms. The van der Waals surface area contributed by atoms with Crippen molar-refractivity contribution in [1.82, 2.24) is 4.90 Å². The van der Waals surface area contributed by atoms with E-state index < -0.39 is 0 Å². The molecule has 0 saturated carbocycles. The van der Waals surface area contributed by atoms with Gasteiger partial charge >= 0.3 is 0 Å². The summed E-state index contributed by atoms with van der Waals surface area (Å²) in [6.07, 6.45) is 5.28. The smallest absolute Gasteiger partial charge is 0.119 e. The fourth-order valence-electron chi connectivity index (χ4n) is 3.06. The van der Waals surface area contributed by atoms with Gasteiger partial charge in [-0.3, -0.25) is 0 Å². The van der Waals surface area contributed by atoms with Crippen molar-refractivity contribution in [3.8, 4) is 5.75 Å². The van der Waals surface area contributed by atoms with Crippen molar-refractivity contribution in [2.75, 3.05) is 26.2 Å². The van der Waals surface area contributed by atoms with Crippen LogP contribution in [0.25, 0.3) is 0 Å². The van der Waals surface area contributed by atoms with Crippen LogP contribution in [0.15, 0.2) is 18.2 Å². The minimum Gasteiger partial charge on any atom is -0.494 e. The predicted molar refractivity (Wildman–Crippen MR) is 95.0 cm³/mol. The molecule has 0 N–H and O–H groups in total. The van der Waals surface area contributed by atoms with E-state index >= 15 is 0 Å². The summed E-state index contributed by atoms with van der Waals surface area (Å²) in [7, 11) is 0. The number of benzene rings is 1. The maximum absolute atomic E-state index is 6.05. The highest BCUT2D eigenvalue weighted by molar-refractivity contribution is 5.37. The van der Waals surface area contributed by atoms with Crippen molar-refractivity contribution >= 4 is 0 Å². The molecule has 22 heavy (non-hydrogen) atoms. The zero-order valence-electron chi connectivity index (χ0n) is 14.9. The Morgan fingerprint density at radius 3 is 2.05 bits per heavy atom. The summed E-state index contributed by atoms with van der Waals surface area (Å²) in [5.74, 6) is 2.15. The number of rotatable bonds is 7. The molecule has 0 unspecified atom stereocenters. The van der Waals surface area contributed by atoms with E-state index in [9.17, 15) is 0 Å². The Labute approximate surface area is 136 Å². The first-order valence-electron chi connectivity index (χ1n) is 9.06. The summed E-state index contributed by atoms with van der Waals surface area (Å²) in [5, 5.41) is 0. The van der Waals surface area contributed by atoms with Gasteiger partial charge < -0.3 is 9.64 Å². The second-order valence-corrected chi connectivity index (χ2v) is 7.25. The molecule has 1 aromatic carbocycles. The van der Waals surface area contributed by atoms with Gasteiger partial charge in [0, 0.05) is 6.54 Å². The first kappa shape index (κ1) is 17.3. The second-order valence-electron chi connectivity index (χ2n) is 7.25. The van der Waals surface area contributed by atoms with Crippen LogP contribution in [0.4, 0.5) is 0 Å². The summed E-state index contributed by atoms with van der Waals surface area (Å²) in [6.45, 7) is 13.6. The largest absolute Gasteiger partial charge is 0.494 e. The molecule has 1 aliphatic heterocycles. The molecule has 0 spiro atoms. The highest BCUT2D eigenvalue weighted by atomic mass is 16.5. The highest BCUT2D eigenvalue weighted by Crippen LogP contribution is 2.27. The minimum absolute atomic E-state index is 0.550. The molecule has 124 valence electrons. The number of likely N-dealkylation sites (tertiary alicyclic amines) is 1. The van der Waals surface area contributed by atoms with Crippen molar-refractivity contribution in [2.45, 2.75) is 65.2 Å². The van der Waals surface area contributed by atoms with Crippen LogP contribution in [-0.4, -0.2) is 31.1 Å². The van der Waals surface area contributed by atoms with Crippen LogP contribution in [0, 0.1) is 0 Å². The zero-order chi connectivity index (χ0) is 15.9. The quantitative estimate of drug-likeness (QED) is 0.643. The van der Waals surface area contributed by atoms with Crippen LogP contribution < -0.4 is 4.74 Å². The van der Waals surface area contributed by atoms with E-state index in [1.165, 1.54) is 50.0 Å². The van der Waals surface area contributed by atoms with Crippen LogP contribution in [0.5, 0.6) is 5.75 Å². The Bertz CT molecular complexity index is 421. The lowest BCUT2D eigenvalue weighted by Crippen LogP contribution is -2.31. The van der Waals surface area contributed by atoms with Gasteiger partial charge in [-0.2, -0.15) is 0 Å². The highest BCUT2D eigenvalue weighted by Gasteiger charge is 2.10. The Morgan fingerprint density at radius 1 is 0.909 bits per heavy atom. The van der Waals surface area contributed by atoms with E-state index in [4.69, 9.17) is 4.74 Å². The Hall–Kier alpha value is -1.02. The van der Waals surface area contributed by atoms with Crippen molar-refractivity contribution in [3.63, 3.8) is 0 Å². The normalized spacial score (nSPS) is 16.5. The monoisotopic (exact) mass is 303 g/mol. The number of nitrogens with zero attached hydrogens (tertiary/aromatic N) is 1. The van der Waals surface area contributed by atoms with Crippen LogP contribution in [0.1, 0.15) is 76.3 Å². The second kappa shape index (κ2) is 8.57. The molecule has 1 aliphatic rings. The van der Waals surface area contributed by atoms with Gasteiger partial charge in [0.2, 0.25) is 0 Å². The first-order chi connectivity index (χ1) is 10.6. The fraction of sp³-hybridized carbons (Fsp3) is 0.700. The summed E-state index contributed by atoms with van der Waals surface area (Å²) in [5.41, 5.74) is 2.77. The third kappa shape index (κ3) is 5.31. The SMILES string of the molecule is CC(C)c1cc(OCCCN2CCCCC2)cc(C(C)C)c1. The summed E-state index contributed by atoms with van der Waals surface area (Å²) in [4.78, 5) is 2.58. The molecule has 0 amide bonds. The van der Waals surface area contributed by atoms with E-state index in [-0.39, 0.29) is 0 Å². The van der Waals surface area contributed by atoms with E-state index in [0.29, 0.717) is 11.8 Å². The molecule has 0 radical (unpaired) electrons. The van der Waals surface area contributed by atoms with Gasteiger partial charge in [0.25, 0.3) is 0 Å².